The number of carbonyl (C=O) groups excluding carboxylic acids is 1. The summed E-state index contributed by atoms with van der Waals surface area (Å²) in [6.07, 6.45) is 2.91. The predicted molar refractivity (Wildman–Crippen MR) is 67.9 cm³/mol. The fourth-order valence-electron chi connectivity index (χ4n) is 3.85. The lowest BCUT2D eigenvalue weighted by Gasteiger charge is -2.54. The summed E-state index contributed by atoms with van der Waals surface area (Å²) in [7, 11) is 0. The Balaban J connectivity index is 1.75. The number of nitrogens with zero attached hydrogens (tertiary/aromatic N) is 1. The van der Waals surface area contributed by atoms with Crippen molar-refractivity contribution >= 4 is 5.78 Å². The van der Waals surface area contributed by atoms with Crippen LogP contribution in [-0.2, 0) is 0 Å². The molecule has 0 unspecified atom stereocenters. The van der Waals surface area contributed by atoms with Crippen LogP contribution in [0.1, 0.15) is 29.6 Å². The maximum atomic E-state index is 12.3. The second kappa shape index (κ2) is 3.58. The summed E-state index contributed by atoms with van der Waals surface area (Å²) in [5.41, 5.74) is 0.529. The molecule has 4 heterocycles. The normalized spacial score (nSPS) is 37.4. The Morgan fingerprint density at radius 1 is 1.22 bits per heavy atom. The van der Waals surface area contributed by atoms with Gasteiger partial charge in [0.05, 0.1) is 12.0 Å². The van der Waals surface area contributed by atoms with Gasteiger partial charge in [-0.05, 0) is 38.1 Å². The average Bonchev–Trinajstić information content (AvgIpc) is 2.39. The minimum Gasteiger partial charge on any atom is -0.484 e. The number of carbonyl (C=O) groups is 1. The number of hydrogen-bond donors (Lipinski definition) is 0. The number of rotatable bonds is 0. The highest BCUT2D eigenvalue weighted by Crippen LogP contribution is 2.45. The van der Waals surface area contributed by atoms with E-state index in [-0.39, 0.29) is 11.4 Å². The summed E-state index contributed by atoms with van der Waals surface area (Å²) in [5.74, 6) is 1.60. The molecule has 3 nitrogen and oxygen atoms in total. The number of ether oxygens (including phenoxy) is 1. The minimum absolute atomic E-state index is 0.234. The molecule has 0 aromatic heterocycles. The first-order valence-electron chi connectivity index (χ1n) is 6.80. The molecule has 2 bridgehead atoms. The van der Waals surface area contributed by atoms with Crippen LogP contribution in [0.25, 0.3) is 0 Å². The quantitative estimate of drug-likeness (QED) is 0.699. The molecular formula is C15H17NO2. The molecule has 4 aliphatic rings. The van der Waals surface area contributed by atoms with Gasteiger partial charge in [0, 0.05) is 12.5 Å². The van der Waals surface area contributed by atoms with Crippen molar-refractivity contribution in [2.45, 2.75) is 24.9 Å². The zero-order chi connectivity index (χ0) is 12.2. The fraction of sp³-hybridized carbons (Fsp3) is 0.533. The first-order valence-corrected chi connectivity index (χ1v) is 6.80. The predicted octanol–water partition coefficient (Wildman–Crippen LogP) is 2.12. The van der Waals surface area contributed by atoms with Gasteiger partial charge in [-0.1, -0.05) is 12.1 Å². The minimum atomic E-state index is -0.234. The lowest BCUT2D eigenvalue weighted by Crippen LogP contribution is -2.63. The Kier molecular flexibility index (Phi) is 2.10. The number of para-hydroxylation sites is 1. The van der Waals surface area contributed by atoms with Gasteiger partial charge >= 0.3 is 0 Å². The van der Waals surface area contributed by atoms with Crippen molar-refractivity contribution in [3.05, 3.63) is 29.8 Å². The maximum absolute atomic E-state index is 12.3. The standard InChI is InChI=1S/C15H17NO2/c17-13-9-15(10-16-7-5-11(15)6-8-16)18-14-4-2-1-3-12(13)14/h1-4,11H,5-10H2/t15-/m1/s1. The first kappa shape index (κ1) is 10.6. The average molecular weight is 243 g/mol. The molecule has 1 atom stereocenters. The van der Waals surface area contributed by atoms with Crippen LogP contribution in [0.4, 0.5) is 0 Å². The second-order valence-corrected chi connectivity index (χ2v) is 5.81. The van der Waals surface area contributed by atoms with Crippen molar-refractivity contribution < 1.29 is 9.53 Å². The number of Topliss-reactive ketones (excluding diaryl/α,β-unsaturated/α-hetero) is 1. The largest absolute Gasteiger partial charge is 0.484 e. The van der Waals surface area contributed by atoms with Gasteiger partial charge < -0.3 is 4.74 Å². The lowest BCUT2D eigenvalue weighted by molar-refractivity contribution is -0.0959. The molecule has 0 amide bonds. The van der Waals surface area contributed by atoms with E-state index < -0.39 is 0 Å². The maximum Gasteiger partial charge on any atom is 0.170 e. The number of piperidine rings is 3. The van der Waals surface area contributed by atoms with Gasteiger partial charge in [-0.2, -0.15) is 0 Å². The number of ketones is 1. The van der Waals surface area contributed by atoms with E-state index in [0.29, 0.717) is 12.3 Å². The van der Waals surface area contributed by atoms with Crippen LogP contribution in [0.15, 0.2) is 24.3 Å². The van der Waals surface area contributed by atoms with Gasteiger partial charge in [-0.3, -0.25) is 9.69 Å². The van der Waals surface area contributed by atoms with Crippen LogP contribution in [0.2, 0.25) is 0 Å². The van der Waals surface area contributed by atoms with Crippen LogP contribution < -0.4 is 4.74 Å². The van der Waals surface area contributed by atoms with Gasteiger partial charge in [-0.25, -0.2) is 0 Å². The third-order valence-electron chi connectivity index (χ3n) is 4.78. The van der Waals surface area contributed by atoms with Gasteiger partial charge in [-0.15, -0.1) is 0 Å². The van der Waals surface area contributed by atoms with Crippen LogP contribution in [0.3, 0.4) is 0 Å². The van der Waals surface area contributed by atoms with E-state index in [9.17, 15) is 4.79 Å². The molecule has 0 radical (unpaired) electrons. The SMILES string of the molecule is O=C1C[C@]2(CN3CCC2CC3)Oc2ccccc21. The van der Waals surface area contributed by atoms with E-state index in [1.54, 1.807) is 0 Å². The van der Waals surface area contributed by atoms with Gasteiger partial charge in [0.1, 0.15) is 11.4 Å². The summed E-state index contributed by atoms with van der Waals surface area (Å²) in [6.45, 7) is 3.27. The molecule has 4 aliphatic heterocycles. The molecule has 5 rings (SSSR count). The topological polar surface area (TPSA) is 29.5 Å². The zero-order valence-electron chi connectivity index (χ0n) is 10.4. The highest BCUT2D eigenvalue weighted by atomic mass is 16.5. The van der Waals surface area contributed by atoms with Crippen molar-refractivity contribution in [1.29, 1.82) is 0 Å². The van der Waals surface area contributed by atoms with Crippen LogP contribution in [-0.4, -0.2) is 35.9 Å². The molecule has 3 heteroatoms. The summed E-state index contributed by atoms with van der Waals surface area (Å²) >= 11 is 0. The third kappa shape index (κ3) is 1.37. The summed E-state index contributed by atoms with van der Waals surface area (Å²) < 4.78 is 6.30. The van der Waals surface area contributed by atoms with Crippen molar-refractivity contribution in [3.63, 3.8) is 0 Å². The molecule has 0 saturated carbocycles. The Labute approximate surface area is 107 Å². The molecule has 3 fully saturated rings. The monoisotopic (exact) mass is 243 g/mol. The van der Waals surface area contributed by atoms with E-state index >= 15 is 0 Å². The van der Waals surface area contributed by atoms with E-state index in [0.717, 1.165) is 17.9 Å². The smallest absolute Gasteiger partial charge is 0.170 e. The molecule has 0 N–H and O–H groups in total. The van der Waals surface area contributed by atoms with Crippen LogP contribution in [0.5, 0.6) is 5.75 Å². The van der Waals surface area contributed by atoms with Gasteiger partial charge in [0.2, 0.25) is 0 Å². The molecule has 1 aromatic carbocycles. The van der Waals surface area contributed by atoms with Crippen molar-refractivity contribution in [2.24, 2.45) is 5.92 Å². The second-order valence-electron chi connectivity index (χ2n) is 5.81. The lowest BCUT2D eigenvalue weighted by atomic mass is 9.71. The van der Waals surface area contributed by atoms with E-state index in [2.05, 4.69) is 4.90 Å². The fourth-order valence-corrected chi connectivity index (χ4v) is 3.85. The molecule has 0 aliphatic carbocycles. The molecule has 1 spiro atoms. The van der Waals surface area contributed by atoms with Crippen LogP contribution >= 0.6 is 0 Å². The van der Waals surface area contributed by atoms with Crippen molar-refractivity contribution in [1.82, 2.24) is 4.90 Å². The molecular weight excluding hydrogens is 226 g/mol. The molecule has 94 valence electrons. The molecule has 3 saturated heterocycles. The third-order valence-corrected chi connectivity index (χ3v) is 4.78. The first-order chi connectivity index (χ1) is 8.77. The highest BCUT2D eigenvalue weighted by Gasteiger charge is 2.52. The van der Waals surface area contributed by atoms with Crippen LogP contribution in [0, 0.1) is 5.92 Å². The van der Waals surface area contributed by atoms with E-state index in [1.165, 1.54) is 25.9 Å². The van der Waals surface area contributed by atoms with E-state index in [1.807, 2.05) is 24.3 Å². The number of hydrogen-bond acceptors (Lipinski definition) is 3. The summed E-state index contributed by atoms with van der Waals surface area (Å²) in [6, 6.07) is 7.68. The Morgan fingerprint density at radius 2 is 2.00 bits per heavy atom. The summed E-state index contributed by atoms with van der Waals surface area (Å²) in [5, 5.41) is 0. The van der Waals surface area contributed by atoms with Crippen molar-refractivity contribution in [3.8, 4) is 5.75 Å². The van der Waals surface area contributed by atoms with Gasteiger partial charge in [0.15, 0.2) is 5.78 Å². The zero-order valence-corrected chi connectivity index (χ0v) is 10.4. The van der Waals surface area contributed by atoms with E-state index in [4.69, 9.17) is 4.74 Å². The number of fused-ring (bicyclic) bond motifs is 3. The Hall–Kier alpha value is -1.35. The van der Waals surface area contributed by atoms with Crippen molar-refractivity contribution in [2.75, 3.05) is 19.6 Å². The summed E-state index contributed by atoms with van der Waals surface area (Å²) in [4.78, 5) is 14.8. The molecule has 18 heavy (non-hydrogen) atoms. The van der Waals surface area contributed by atoms with Gasteiger partial charge in [0.25, 0.3) is 0 Å². The number of benzene rings is 1. The molecule has 1 aromatic rings. The Bertz CT molecular complexity index is 505. The Morgan fingerprint density at radius 3 is 2.72 bits per heavy atom. The highest BCUT2D eigenvalue weighted by molar-refractivity contribution is 6.00.